The Morgan fingerprint density at radius 2 is 2.25 bits per heavy atom. The van der Waals surface area contributed by atoms with Gasteiger partial charge in [0.2, 0.25) is 0 Å². The van der Waals surface area contributed by atoms with Crippen molar-refractivity contribution in [2.45, 2.75) is 13.3 Å². The number of aromatic nitrogens is 1. The summed E-state index contributed by atoms with van der Waals surface area (Å²) in [6, 6.07) is 2.91. The van der Waals surface area contributed by atoms with Crippen molar-refractivity contribution < 1.29 is 9.50 Å². The summed E-state index contributed by atoms with van der Waals surface area (Å²) in [6.45, 7) is 3.76. The van der Waals surface area contributed by atoms with Crippen molar-refractivity contribution in [3.63, 3.8) is 0 Å². The van der Waals surface area contributed by atoms with Crippen LogP contribution >= 0.6 is 0 Å². The first kappa shape index (κ1) is 11.0. The molecule has 0 spiro atoms. The molecule has 2 rings (SSSR count). The van der Waals surface area contributed by atoms with Gasteiger partial charge in [-0.05, 0) is 37.2 Å². The van der Waals surface area contributed by atoms with Crippen LogP contribution in [0.1, 0.15) is 12.5 Å². The van der Waals surface area contributed by atoms with Crippen LogP contribution in [0.5, 0.6) is 5.75 Å². The van der Waals surface area contributed by atoms with Gasteiger partial charge in [-0.1, -0.05) is 6.92 Å². The second-order valence-electron chi connectivity index (χ2n) is 3.74. The Morgan fingerprint density at radius 3 is 3.00 bits per heavy atom. The van der Waals surface area contributed by atoms with Crippen LogP contribution in [0.4, 0.5) is 4.39 Å². The minimum atomic E-state index is -0.572. The monoisotopic (exact) mass is 222 g/mol. The van der Waals surface area contributed by atoms with Gasteiger partial charge in [0, 0.05) is 17.1 Å². The largest absolute Gasteiger partial charge is 0.504 e. The van der Waals surface area contributed by atoms with E-state index in [0.717, 1.165) is 30.6 Å². The SMILES string of the molecule is CCNCCc1c[nH]c2ccc(F)c(O)c12. The molecular weight excluding hydrogens is 207 g/mol. The van der Waals surface area contributed by atoms with E-state index in [1.807, 2.05) is 13.1 Å². The molecule has 0 fully saturated rings. The van der Waals surface area contributed by atoms with Gasteiger partial charge in [-0.25, -0.2) is 4.39 Å². The van der Waals surface area contributed by atoms with E-state index < -0.39 is 5.82 Å². The van der Waals surface area contributed by atoms with E-state index in [4.69, 9.17) is 0 Å². The molecule has 0 amide bonds. The molecule has 0 aliphatic rings. The summed E-state index contributed by atoms with van der Waals surface area (Å²) < 4.78 is 13.2. The van der Waals surface area contributed by atoms with Crippen LogP contribution in [0.15, 0.2) is 18.3 Å². The van der Waals surface area contributed by atoms with Gasteiger partial charge in [-0.3, -0.25) is 0 Å². The number of likely N-dealkylation sites (N-methyl/N-ethyl adjacent to an activating group) is 1. The highest BCUT2D eigenvalue weighted by molar-refractivity contribution is 5.89. The van der Waals surface area contributed by atoms with Crippen LogP contribution in [0.2, 0.25) is 0 Å². The standard InChI is InChI=1S/C12H15FN2O/c1-2-14-6-5-8-7-15-10-4-3-9(13)12(16)11(8)10/h3-4,7,14-16H,2,5-6H2,1H3. The number of aromatic amines is 1. The topological polar surface area (TPSA) is 48.0 Å². The normalized spacial score (nSPS) is 11.1. The first-order chi connectivity index (χ1) is 7.74. The van der Waals surface area contributed by atoms with Crippen molar-refractivity contribution in [1.82, 2.24) is 10.3 Å². The zero-order valence-electron chi connectivity index (χ0n) is 9.18. The number of rotatable bonds is 4. The van der Waals surface area contributed by atoms with Crippen molar-refractivity contribution >= 4 is 10.9 Å². The van der Waals surface area contributed by atoms with Gasteiger partial charge in [0.25, 0.3) is 0 Å². The number of hydrogen-bond donors (Lipinski definition) is 3. The highest BCUT2D eigenvalue weighted by Crippen LogP contribution is 2.30. The summed E-state index contributed by atoms with van der Waals surface area (Å²) in [5.41, 5.74) is 1.71. The predicted octanol–water partition coefficient (Wildman–Crippen LogP) is 2.16. The van der Waals surface area contributed by atoms with Crippen LogP contribution in [0, 0.1) is 5.82 Å². The third-order valence-corrected chi connectivity index (χ3v) is 2.67. The number of benzene rings is 1. The van der Waals surface area contributed by atoms with E-state index in [9.17, 15) is 9.50 Å². The smallest absolute Gasteiger partial charge is 0.165 e. The van der Waals surface area contributed by atoms with E-state index in [0.29, 0.717) is 5.39 Å². The van der Waals surface area contributed by atoms with Gasteiger partial charge in [-0.2, -0.15) is 0 Å². The number of hydrogen-bond acceptors (Lipinski definition) is 2. The zero-order chi connectivity index (χ0) is 11.5. The lowest BCUT2D eigenvalue weighted by Crippen LogP contribution is -2.15. The van der Waals surface area contributed by atoms with E-state index in [2.05, 4.69) is 10.3 Å². The fourth-order valence-electron chi connectivity index (χ4n) is 1.85. The fraction of sp³-hybridized carbons (Fsp3) is 0.333. The Kier molecular flexibility index (Phi) is 3.10. The van der Waals surface area contributed by atoms with Crippen molar-refractivity contribution in [1.29, 1.82) is 0 Å². The zero-order valence-corrected chi connectivity index (χ0v) is 9.18. The molecule has 3 N–H and O–H groups in total. The molecule has 2 aromatic rings. The van der Waals surface area contributed by atoms with E-state index in [1.165, 1.54) is 6.07 Å². The van der Waals surface area contributed by atoms with Crippen molar-refractivity contribution in [3.8, 4) is 5.75 Å². The number of nitrogens with one attached hydrogen (secondary N) is 2. The quantitative estimate of drug-likeness (QED) is 0.694. The lowest BCUT2D eigenvalue weighted by Gasteiger charge is -2.02. The third-order valence-electron chi connectivity index (χ3n) is 2.67. The number of fused-ring (bicyclic) bond motifs is 1. The van der Waals surface area contributed by atoms with Gasteiger partial charge < -0.3 is 15.4 Å². The van der Waals surface area contributed by atoms with Gasteiger partial charge in [0.1, 0.15) is 0 Å². The van der Waals surface area contributed by atoms with Gasteiger partial charge in [0.05, 0.1) is 0 Å². The Bertz CT molecular complexity index is 493. The summed E-state index contributed by atoms with van der Waals surface area (Å²) in [7, 11) is 0. The Balaban J connectivity index is 2.35. The Hall–Kier alpha value is -1.55. The van der Waals surface area contributed by atoms with E-state index >= 15 is 0 Å². The number of halogens is 1. The molecule has 16 heavy (non-hydrogen) atoms. The number of phenolic OH excluding ortho intramolecular Hbond substituents is 1. The molecule has 0 atom stereocenters. The molecule has 0 unspecified atom stereocenters. The van der Waals surface area contributed by atoms with E-state index in [1.54, 1.807) is 6.07 Å². The van der Waals surface area contributed by atoms with Crippen LogP contribution in [-0.2, 0) is 6.42 Å². The molecule has 0 aliphatic heterocycles. The van der Waals surface area contributed by atoms with Crippen LogP contribution in [0.3, 0.4) is 0 Å². The average Bonchev–Trinajstić information content (AvgIpc) is 2.68. The number of H-pyrrole nitrogens is 1. The summed E-state index contributed by atoms with van der Waals surface area (Å²) in [4.78, 5) is 3.03. The molecule has 0 radical (unpaired) electrons. The van der Waals surface area contributed by atoms with Crippen LogP contribution in [0.25, 0.3) is 10.9 Å². The second-order valence-corrected chi connectivity index (χ2v) is 3.74. The molecule has 1 aromatic heterocycles. The van der Waals surface area contributed by atoms with Crippen molar-refractivity contribution in [2.24, 2.45) is 0 Å². The van der Waals surface area contributed by atoms with E-state index in [-0.39, 0.29) is 5.75 Å². The second kappa shape index (κ2) is 4.53. The molecular formula is C12H15FN2O. The maximum atomic E-state index is 13.2. The molecule has 0 bridgehead atoms. The maximum Gasteiger partial charge on any atom is 0.165 e. The Morgan fingerprint density at radius 1 is 1.44 bits per heavy atom. The predicted molar refractivity (Wildman–Crippen MR) is 62.2 cm³/mol. The molecule has 0 aliphatic carbocycles. The number of phenols is 1. The first-order valence-electron chi connectivity index (χ1n) is 5.42. The van der Waals surface area contributed by atoms with Gasteiger partial charge >= 0.3 is 0 Å². The Labute approximate surface area is 93.3 Å². The highest BCUT2D eigenvalue weighted by Gasteiger charge is 2.11. The van der Waals surface area contributed by atoms with Crippen LogP contribution < -0.4 is 5.32 Å². The molecule has 1 heterocycles. The molecule has 0 saturated carbocycles. The molecule has 0 saturated heterocycles. The van der Waals surface area contributed by atoms with Crippen molar-refractivity contribution in [2.75, 3.05) is 13.1 Å². The first-order valence-corrected chi connectivity index (χ1v) is 5.42. The lowest BCUT2D eigenvalue weighted by atomic mass is 10.1. The minimum absolute atomic E-state index is 0.259. The molecule has 86 valence electrons. The third kappa shape index (κ3) is 1.88. The maximum absolute atomic E-state index is 13.2. The summed E-state index contributed by atoms with van der Waals surface area (Å²) in [5, 5.41) is 13.5. The minimum Gasteiger partial charge on any atom is -0.504 e. The van der Waals surface area contributed by atoms with Crippen LogP contribution in [-0.4, -0.2) is 23.2 Å². The summed E-state index contributed by atoms with van der Waals surface area (Å²) in [6.07, 6.45) is 2.59. The highest BCUT2D eigenvalue weighted by atomic mass is 19.1. The number of aromatic hydroxyl groups is 1. The molecule has 4 heteroatoms. The molecule has 3 nitrogen and oxygen atoms in total. The van der Waals surface area contributed by atoms with Gasteiger partial charge in [0.15, 0.2) is 11.6 Å². The lowest BCUT2D eigenvalue weighted by molar-refractivity contribution is 0.438. The summed E-state index contributed by atoms with van der Waals surface area (Å²) >= 11 is 0. The summed E-state index contributed by atoms with van der Waals surface area (Å²) in [5.74, 6) is -0.831. The average molecular weight is 222 g/mol. The van der Waals surface area contributed by atoms with Crippen molar-refractivity contribution in [3.05, 3.63) is 29.7 Å². The molecule has 1 aromatic carbocycles. The van der Waals surface area contributed by atoms with Gasteiger partial charge in [-0.15, -0.1) is 0 Å². The fourth-order valence-corrected chi connectivity index (χ4v) is 1.85.